The number of hydrogen-bond acceptors (Lipinski definition) is 4. The minimum atomic E-state index is -3.27. The summed E-state index contributed by atoms with van der Waals surface area (Å²) < 4.78 is 32.5. The highest BCUT2D eigenvalue weighted by molar-refractivity contribution is 7.89. The highest BCUT2D eigenvalue weighted by Gasteiger charge is 2.33. The summed E-state index contributed by atoms with van der Waals surface area (Å²) in [5.74, 6) is 1.63. The van der Waals surface area contributed by atoms with E-state index in [-0.39, 0.29) is 5.25 Å². The summed E-state index contributed by atoms with van der Waals surface area (Å²) in [6, 6.07) is 1.95. The highest BCUT2D eigenvalue weighted by atomic mass is 32.2. The van der Waals surface area contributed by atoms with E-state index in [1.165, 1.54) is 0 Å². The first kappa shape index (κ1) is 16.3. The number of furan rings is 1. The fraction of sp³-hybridized carbons (Fsp3) is 0.562. The predicted molar refractivity (Wildman–Crippen MR) is 88.6 cm³/mol. The van der Waals surface area contributed by atoms with Crippen LogP contribution in [0.15, 0.2) is 10.5 Å². The summed E-state index contributed by atoms with van der Waals surface area (Å²) in [6.07, 6.45) is 1.28. The van der Waals surface area contributed by atoms with Gasteiger partial charge in [0.05, 0.1) is 5.25 Å². The van der Waals surface area contributed by atoms with Gasteiger partial charge in [-0.05, 0) is 33.3 Å². The van der Waals surface area contributed by atoms with Crippen LogP contribution < -0.4 is 0 Å². The Morgan fingerprint density at radius 2 is 2.17 bits per heavy atom. The van der Waals surface area contributed by atoms with E-state index in [1.54, 1.807) is 11.2 Å². The summed E-state index contributed by atoms with van der Waals surface area (Å²) in [6.45, 7) is 8.35. The molecule has 1 N–H and O–H groups in total. The lowest BCUT2D eigenvalue weighted by atomic mass is 10.0. The molecule has 1 atom stereocenters. The molecule has 0 bridgehead atoms. The third-order valence-electron chi connectivity index (χ3n) is 4.64. The smallest absolute Gasteiger partial charge is 0.217 e. The molecular weight excluding hydrogens is 314 g/mol. The van der Waals surface area contributed by atoms with Crippen LogP contribution in [0.2, 0.25) is 0 Å². The fourth-order valence-corrected chi connectivity index (χ4v) is 4.63. The minimum absolute atomic E-state index is 0.364. The van der Waals surface area contributed by atoms with Crippen molar-refractivity contribution in [1.82, 2.24) is 14.5 Å². The molecule has 1 aliphatic rings. The number of aromatic amines is 1. The molecule has 0 saturated heterocycles. The third kappa shape index (κ3) is 2.72. The van der Waals surface area contributed by atoms with E-state index >= 15 is 0 Å². The summed E-state index contributed by atoms with van der Waals surface area (Å²) in [5.41, 5.74) is 3.72. The zero-order valence-corrected chi connectivity index (χ0v) is 14.8. The van der Waals surface area contributed by atoms with Gasteiger partial charge in [0.1, 0.15) is 17.2 Å². The zero-order valence-electron chi connectivity index (χ0n) is 14.0. The first-order valence-electron chi connectivity index (χ1n) is 7.97. The van der Waals surface area contributed by atoms with Crippen molar-refractivity contribution >= 4 is 10.0 Å². The van der Waals surface area contributed by atoms with Gasteiger partial charge in [-0.1, -0.05) is 6.92 Å². The molecule has 0 saturated carbocycles. The third-order valence-corrected chi connectivity index (χ3v) is 7.02. The van der Waals surface area contributed by atoms with Crippen molar-refractivity contribution < 1.29 is 12.8 Å². The lowest BCUT2D eigenvalue weighted by molar-refractivity contribution is 0.384. The highest BCUT2D eigenvalue weighted by Crippen LogP contribution is 2.33. The van der Waals surface area contributed by atoms with Crippen LogP contribution in [0.4, 0.5) is 0 Å². The van der Waals surface area contributed by atoms with Crippen LogP contribution in [0.25, 0.3) is 11.3 Å². The van der Waals surface area contributed by atoms with Gasteiger partial charge in [0.2, 0.25) is 10.0 Å². The van der Waals surface area contributed by atoms with Crippen molar-refractivity contribution in [2.45, 2.75) is 52.3 Å². The fourth-order valence-electron chi connectivity index (χ4n) is 3.04. The molecule has 0 unspecified atom stereocenters. The van der Waals surface area contributed by atoms with Crippen LogP contribution in [0.5, 0.6) is 0 Å². The molecule has 23 heavy (non-hydrogen) atoms. The number of aromatic nitrogens is 2. The summed E-state index contributed by atoms with van der Waals surface area (Å²) in [4.78, 5) is 0. The maximum Gasteiger partial charge on any atom is 0.217 e. The van der Waals surface area contributed by atoms with Crippen molar-refractivity contribution in [3.63, 3.8) is 0 Å². The number of rotatable bonds is 4. The predicted octanol–water partition coefficient (Wildman–Crippen LogP) is 2.77. The summed E-state index contributed by atoms with van der Waals surface area (Å²) in [5, 5.41) is 7.12. The summed E-state index contributed by atoms with van der Waals surface area (Å²) in [7, 11) is -3.27. The molecule has 0 fully saturated rings. The molecule has 3 rings (SSSR count). The summed E-state index contributed by atoms with van der Waals surface area (Å²) >= 11 is 0. The molecule has 2 aromatic rings. The number of H-pyrrole nitrogens is 1. The van der Waals surface area contributed by atoms with Crippen LogP contribution >= 0.6 is 0 Å². The van der Waals surface area contributed by atoms with Crippen LogP contribution in [0.3, 0.4) is 0 Å². The molecule has 0 amide bonds. The van der Waals surface area contributed by atoms with E-state index in [9.17, 15) is 8.42 Å². The van der Waals surface area contributed by atoms with E-state index in [4.69, 9.17) is 4.42 Å². The second-order valence-electron chi connectivity index (χ2n) is 6.20. The minimum Gasteiger partial charge on any atom is -0.466 e. The molecule has 0 radical (unpaired) electrons. The quantitative estimate of drug-likeness (QED) is 0.930. The Hall–Kier alpha value is -1.60. The van der Waals surface area contributed by atoms with Crippen molar-refractivity contribution in [3.8, 4) is 11.3 Å². The van der Waals surface area contributed by atoms with Gasteiger partial charge >= 0.3 is 0 Å². The van der Waals surface area contributed by atoms with Crippen molar-refractivity contribution in [2.24, 2.45) is 0 Å². The Labute approximate surface area is 136 Å². The number of fused-ring (bicyclic) bond motifs is 1. The van der Waals surface area contributed by atoms with Crippen molar-refractivity contribution in [2.75, 3.05) is 6.54 Å². The van der Waals surface area contributed by atoms with Gasteiger partial charge in [0.25, 0.3) is 0 Å². The largest absolute Gasteiger partial charge is 0.466 e. The molecule has 7 heteroatoms. The van der Waals surface area contributed by atoms with E-state index in [1.807, 2.05) is 26.8 Å². The number of hydrogen-bond donors (Lipinski definition) is 1. The molecule has 1 aliphatic heterocycles. The molecule has 6 nitrogen and oxygen atoms in total. The molecule has 3 heterocycles. The maximum atomic E-state index is 12.6. The van der Waals surface area contributed by atoms with Crippen LogP contribution in [0, 0.1) is 13.8 Å². The number of nitrogens with one attached hydrogen (secondary N) is 1. The number of nitrogens with zero attached hydrogens (tertiary/aromatic N) is 2. The van der Waals surface area contributed by atoms with Gasteiger partial charge in [-0.15, -0.1) is 0 Å². The average molecular weight is 337 g/mol. The molecule has 0 spiro atoms. The monoisotopic (exact) mass is 337 g/mol. The van der Waals surface area contributed by atoms with Crippen LogP contribution in [-0.2, 0) is 23.0 Å². The molecular formula is C16H23N3O3S. The average Bonchev–Trinajstić information content (AvgIpc) is 3.08. The number of aryl methyl sites for hydroxylation is 2. The Bertz CT molecular complexity index is 820. The molecule has 126 valence electrons. The lowest BCUT2D eigenvalue weighted by Gasteiger charge is -2.28. The van der Waals surface area contributed by atoms with Gasteiger partial charge < -0.3 is 4.42 Å². The lowest BCUT2D eigenvalue weighted by Crippen LogP contribution is -2.40. The molecule has 2 aromatic heterocycles. The van der Waals surface area contributed by atoms with E-state index in [0.29, 0.717) is 25.9 Å². The first-order chi connectivity index (χ1) is 10.8. The second kappa shape index (κ2) is 5.79. The van der Waals surface area contributed by atoms with Crippen molar-refractivity contribution in [3.05, 3.63) is 28.8 Å². The Morgan fingerprint density at radius 1 is 1.43 bits per heavy atom. The molecule has 0 aromatic carbocycles. The Balaban J connectivity index is 1.98. The number of sulfonamides is 1. The van der Waals surface area contributed by atoms with Gasteiger partial charge in [0, 0.05) is 36.3 Å². The SMILES string of the molecule is CC[C@@H](C)S(=O)(=O)N1CCc2[nH]nc(-c3cc(C)oc3C)c2C1. The van der Waals surface area contributed by atoms with Crippen LogP contribution in [-0.4, -0.2) is 34.7 Å². The van der Waals surface area contributed by atoms with Gasteiger partial charge in [-0.2, -0.15) is 9.40 Å². The maximum absolute atomic E-state index is 12.6. The standard InChI is InChI=1S/C16H23N3O3S/c1-5-11(3)23(20,21)19-7-6-15-14(9-19)16(18-17-15)13-8-10(2)22-12(13)4/h8,11H,5-7,9H2,1-4H3,(H,17,18)/t11-/m1/s1. The second-order valence-corrected chi connectivity index (χ2v) is 8.55. The Morgan fingerprint density at radius 3 is 2.78 bits per heavy atom. The van der Waals surface area contributed by atoms with Gasteiger partial charge in [0.15, 0.2) is 0 Å². The normalized spacial score (nSPS) is 17.2. The first-order valence-corrected chi connectivity index (χ1v) is 9.47. The zero-order chi connectivity index (χ0) is 16.8. The van der Waals surface area contributed by atoms with E-state index < -0.39 is 10.0 Å². The Kier molecular flexibility index (Phi) is 4.10. The van der Waals surface area contributed by atoms with Gasteiger partial charge in [-0.25, -0.2) is 8.42 Å². The topological polar surface area (TPSA) is 79.2 Å². The van der Waals surface area contributed by atoms with Crippen molar-refractivity contribution in [1.29, 1.82) is 0 Å². The van der Waals surface area contributed by atoms with Crippen LogP contribution in [0.1, 0.15) is 43.0 Å². The van der Waals surface area contributed by atoms with E-state index in [2.05, 4.69) is 10.2 Å². The van der Waals surface area contributed by atoms with E-state index in [0.717, 1.165) is 34.0 Å². The molecule has 0 aliphatic carbocycles. The van der Waals surface area contributed by atoms with Gasteiger partial charge in [-0.3, -0.25) is 5.10 Å².